The summed E-state index contributed by atoms with van der Waals surface area (Å²) in [6.07, 6.45) is 4.94. The molecule has 1 aromatic rings. The van der Waals surface area contributed by atoms with Crippen molar-refractivity contribution in [1.29, 1.82) is 0 Å². The van der Waals surface area contributed by atoms with Gasteiger partial charge in [0.05, 0.1) is 5.56 Å². The van der Waals surface area contributed by atoms with Crippen LogP contribution in [-0.4, -0.2) is 24.0 Å². The molecule has 21 heavy (non-hydrogen) atoms. The van der Waals surface area contributed by atoms with Crippen molar-refractivity contribution in [3.05, 3.63) is 23.9 Å². The molecule has 0 aromatic carbocycles. The number of nitrogens with zero attached hydrogens (tertiary/aromatic N) is 1. The lowest BCUT2D eigenvalue weighted by Crippen LogP contribution is -2.46. The van der Waals surface area contributed by atoms with Gasteiger partial charge in [-0.15, -0.1) is 0 Å². The van der Waals surface area contributed by atoms with Gasteiger partial charge in [0.1, 0.15) is 5.82 Å². The van der Waals surface area contributed by atoms with Gasteiger partial charge in [-0.25, -0.2) is 4.98 Å². The SMILES string of the molecule is CNc1ncccc1C(=O)NC1CC(C)(C)CC(C)(C)C1. The van der Waals surface area contributed by atoms with Crippen LogP contribution in [0, 0.1) is 10.8 Å². The van der Waals surface area contributed by atoms with Crippen molar-refractivity contribution in [2.45, 2.75) is 53.0 Å². The van der Waals surface area contributed by atoms with E-state index in [1.54, 1.807) is 19.3 Å². The van der Waals surface area contributed by atoms with E-state index < -0.39 is 0 Å². The third-order valence-corrected chi connectivity index (χ3v) is 4.18. The Morgan fingerprint density at radius 1 is 1.24 bits per heavy atom. The summed E-state index contributed by atoms with van der Waals surface area (Å²) in [5, 5.41) is 6.18. The minimum Gasteiger partial charge on any atom is -0.372 e. The second-order valence-electron chi connectivity index (χ2n) is 7.73. The van der Waals surface area contributed by atoms with E-state index in [1.165, 1.54) is 6.42 Å². The van der Waals surface area contributed by atoms with Crippen molar-refractivity contribution in [1.82, 2.24) is 10.3 Å². The molecule has 116 valence electrons. The first kappa shape index (κ1) is 15.8. The topological polar surface area (TPSA) is 54.0 Å². The van der Waals surface area contributed by atoms with Gasteiger partial charge in [0, 0.05) is 19.3 Å². The molecule has 0 saturated heterocycles. The summed E-state index contributed by atoms with van der Waals surface area (Å²) in [6, 6.07) is 3.83. The molecule has 1 saturated carbocycles. The molecule has 0 atom stereocenters. The lowest BCUT2D eigenvalue weighted by Gasteiger charge is -2.45. The van der Waals surface area contributed by atoms with Crippen LogP contribution in [0.5, 0.6) is 0 Å². The smallest absolute Gasteiger partial charge is 0.255 e. The Morgan fingerprint density at radius 2 is 1.86 bits per heavy atom. The second kappa shape index (κ2) is 5.66. The minimum atomic E-state index is -0.0362. The zero-order chi connectivity index (χ0) is 15.7. The van der Waals surface area contributed by atoms with Gasteiger partial charge in [-0.2, -0.15) is 0 Å². The first-order valence-corrected chi connectivity index (χ1v) is 7.66. The summed E-state index contributed by atoms with van der Waals surface area (Å²) in [5.41, 5.74) is 1.14. The van der Waals surface area contributed by atoms with E-state index >= 15 is 0 Å². The monoisotopic (exact) mass is 289 g/mol. The summed E-state index contributed by atoms with van der Waals surface area (Å²) in [6.45, 7) is 9.15. The van der Waals surface area contributed by atoms with Gasteiger partial charge in [0.15, 0.2) is 0 Å². The van der Waals surface area contributed by atoms with Gasteiger partial charge in [0.25, 0.3) is 5.91 Å². The molecule has 1 fully saturated rings. The van der Waals surface area contributed by atoms with Crippen LogP contribution in [0.15, 0.2) is 18.3 Å². The number of hydrogen-bond acceptors (Lipinski definition) is 3. The molecule has 4 heteroatoms. The third kappa shape index (κ3) is 3.96. The number of nitrogens with one attached hydrogen (secondary N) is 2. The molecule has 0 bridgehead atoms. The van der Waals surface area contributed by atoms with E-state index in [4.69, 9.17) is 0 Å². The molecule has 1 aromatic heterocycles. The normalized spacial score (nSPS) is 20.8. The van der Waals surface area contributed by atoms with Gasteiger partial charge in [-0.3, -0.25) is 4.79 Å². The van der Waals surface area contributed by atoms with Crippen molar-refractivity contribution >= 4 is 11.7 Å². The Morgan fingerprint density at radius 3 is 2.43 bits per heavy atom. The fourth-order valence-electron chi connectivity index (χ4n) is 4.00. The standard InChI is InChI=1S/C17H27N3O/c1-16(2)9-12(10-17(3,4)11-16)20-15(21)13-7-6-8-19-14(13)18-5/h6-8,12H,9-11H2,1-5H3,(H,18,19)(H,20,21). The fraction of sp³-hybridized carbons (Fsp3) is 0.647. The number of aromatic nitrogens is 1. The number of hydrogen-bond donors (Lipinski definition) is 2. The highest BCUT2D eigenvalue weighted by atomic mass is 16.1. The molecule has 1 heterocycles. The molecule has 2 rings (SSSR count). The molecule has 1 amide bonds. The molecule has 1 aliphatic rings. The van der Waals surface area contributed by atoms with Crippen molar-refractivity contribution < 1.29 is 4.79 Å². The van der Waals surface area contributed by atoms with E-state index in [9.17, 15) is 4.79 Å². The quantitative estimate of drug-likeness (QED) is 0.896. The summed E-state index contributed by atoms with van der Waals surface area (Å²) in [5.74, 6) is 0.593. The van der Waals surface area contributed by atoms with Crippen molar-refractivity contribution in [3.8, 4) is 0 Å². The average Bonchev–Trinajstić information content (AvgIpc) is 2.34. The van der Waals surface area contributed by atoms with E-state index in [0.29, 0.717) is 11.4 Å². The van der Waals surface area contributed by atoms with Crippen molar-refractivity contribution in [2.24, 2.45) is 10.8 Å². The number of anilines is 1. The van der Waals surface area contributed by atoms with E-state index in [1.807, 2.05) is 6.07 Å². The number of rotatable bonds is 3. The molecule has 0 radical (unpaired) electrons. The molecule has 1 aliphatic carbocycles. The molecular formula is C17H27N3O. The van der Waals surface area contributed by atoms with E-state index in [2.05, 4.69) is 43.3 Å². The van der Waals surface area contributed by atoms with Crippen molar-refractivity contribution in [3.63, 3.8) is 0 Å². The lowest BCUT2D eigenvalue weighted by molar-refractivity contribution is 0.0714. The lowest BCUT2D eigenvalue weighted by atomic mass is 9.63. The minimum absolute atomic E-state index is 0.0362. The first-order chi connectivity index (χ1) is 9.72. The van der Waals surface area contributed by atoms with Crippen LogP contribution in [0.2, 0.25) is 0 Å². The number of pyridine rings is 1. The van der Waals surface area contributed by atoms with Gasteiger partial charge in [-0.1, -0.05) is 27.7 Å². The fourth-order valence-corrected chi connectivity index (χ4v) is 4.00. The molecule has 4 nitrogen and oxygen atoms in total. The number of carbonyl (C=O) groups is 1. The predicted molar refractivity (Wildman–Crippen MR) is 86.5 cm³/mol. The highest BCUT2D eigenvalue weighted by Gasteiger charge is 2.39. The molecule has 2 N–H and O–H groups in total. The number of carbonyl (C=O) groups excluding carboxylic acids is 1. The van der Waals surface area contributed by atoms with Gasteiger partial charge in [-0.05, 0) is 42.2 Å². The maximum Gasteiger partial charge on any atom is 0.255 e. The zero-order valence-electron chi connectivity index (χ0n) is 13.8. The maximum absolute atomic E-state index is 12.5. The Hall–Kier alpha value is -1.58. The van der Waals surface area contributed by atoms with Crippen LogP contribution >= 0.6 is 0 Å². The maximum atomic E-state index is 12.5. The predicted octanol–water partition coefficient (Wildman–Crippen LogP) is 3.46. The van der Waals surface area contributed by atoms with Gasteiger partial charge >= 0.3 is 0 Å². The number of amides is 1. The van der Waals surface area contributed by atoms with Crippen LogP contribution in [0.25, 0.3) is 0 Å². The van der Waals surface area contributed by atoms with Crippen LogP contribution in [0.4, 0.5) is 5.82 Å². The highest BCUT2D eigenvalue weighted by molar-refractivity contribution is 5.98. The van der Waals surface area contributed by atoms with Crippen LogP contribution in [0.3, 0.4) is 0 Å². The average molecular weight is 289 g/mol. The largest absolute Gasteiger partial charge is 0.372 e. The van der Waals surface area contributed by atoms with Crippen LogP contribution < -0.4 is 10.6 Å². The summed E-state index contributed by atoms with van der Waals surface area (Å²) < 4.78 is 0. The van der Waals surface area contributed by atoms with Crippen molar-refractivity contribution in [2.75, 3.05) is 12.4 Å². The second-order valence-corrected chi connectivity index (χ2v) is 7.73. The molecule has 0 spiro atoms. The molecule has 0 aliphatic heterocycles. The van der Waals surface area contributed by atoms with Gasteiger partial charge < -0.3 is 10.6 Å². The van der Waals surface area contributed by atoms with Gasteiger partial charge in [0.2, 0.25) is 0 Å². The Labute approximate surface area is 127 Å². The third-order valence-electron chi connectivity index (χ3n) is 4.18. The Bertz CT molecular complexity index is 507. The van der Waals surface area contributed by atoms with Crippen LogP contribution in [0.1, 0.15) is 57.3 Å². The highest BCUT2D eigenvalue weighted by Crippen LogP contribution is 2.45. The van der Waals surface area contributed by atoms with E-state index in [-0.39, 0.29) is 22.8 Å². The zero-order valence-corrected chi connectivity index (χ0v) is 13.8. The molecular weight excluding hydrogens is 262 g/mol. The molecule has 0 unspecified atom stereocenters. The Balaban J connectivity index is 2.12. The summed E-state index contributed by atoms with van der Waals surface area (Å²) in [7, 11) is 1.78. The summed E-state index contributed by atoms with van der Waals surface area (Å²) >= 11 is 0. The van der Waals surface area contributed by atoms with E-state index in [0.717, 1.165) is 12.8 Å². The summed E-state index contributed by atoms with van der Waals surface area (Å²) in [4.78, 5) is 16.7. The Kier molecular flexibility index (Phi) is 4.26. The van der Waals surface area contributed by atoms with Crippen LogP contribution in [-0.2, 0) is 0 Å². The first-order valence-electron chi connectivity index (χ1n) is 7.66.